The monoisotopic (exact) mass is 376 g/mol. The topological polar surface area (TPSA) is 50.3 Å². The summed E-state index contributed by atoms with van der Waals surface area (Å²) < 4.78 is 27.9. The molecule has 0 fully saturated rings. The van der Waals surface area contributed by atoms with Gasteiger partial charge in [0.25, 0.3) is 10.0 Å². The van der Waals surface area contributed by atoms with Gasteiger partial charge in [-0.25, -0.2) is 13.4 Å². The van der Waals surface area contributed by atoms with Crippen molar-refractivity contribution in [1.82, 2.24) is 9.29 Å². The molecule has 0 radical (unpaired) electrons. The summed E-state index contributed by atoms with van der Waals surface area (Å²) in [6.45, 7) is 2.92. The van der Waals surface area contributed by atoms with E-state index in [2.05, 4.69) is 11.1 Å². The van der Waals surface area contributed by atoms with Crippen molar-refractivity contribution in [3.8, 4) is 10.6 Å². The Balaban J connectivity index is 1.63. The Morgan fingerprint density at radius 3 is 2.67 bits per heavy atom. The second-order valence-corrected chi connectivity index (χ2v) is 9.74. The van der Waals surface area contributed by atoms with E-state index in [9.17, 15) is 8.42 Å². The van der Waals surface area contributed by atoms with Crippen LogP contribution >= 0.6 is 22.7 Å². The molecule has 0 spiro atoms. The van der Waals surface area contributed by atoms with Gasteiger partial charge in [-0.05, 0) is 30.5 Å². The number of fused-ring (bicyclic) bond motifs is 1. The minimum atomic E-state index is -3.46. The quantitative estimate of drug-likeness (QED) is 0.696. The fraction of sp³-hybridized carbons (Fsp3) is 0.235. The summed E-state index contributed by atoms with van der Waals surface area (Å²) in [5, 5.41) is 4.72. The first kappa shape index (κ1) is 16.0. The zero-order valence-corrected chi connectivity index (χ0v) is 15.5. The molecular formula is C17H16N2O2S3. The predicted octanol–water partition coefficient (Wildman–Crippen LogP) is 3.93. The molecule has 1 aliphatic heterocycles. The van der Waals surface area contributed by atoms with E-state index in [0.29, 0.717) is 17.3 Å². The average molecular weight is 377 g/mol. The number of benzene rings is 1. The van der Waals surface area contributed by atoms with Crippen LogP contribution in [0.25, 0.3) is 10.6 Å². The Labute approximate surface area is 149 Å². The van der Waals surface area contributed by atoms with E-state index in [0.717, 1.165) is 28.2 Å². The van der Waals surface area contributed by atoms with Gasteiger partial charge in [-0.1, -0.05) is 24.3 Å². The van der Waals surface area contributed by atoms with Crippen LogP contribution in [0, 0.1) is 6.92 Å². The van der Waals surface area contributed by atoms with Crippen LogP contribution in [0.15, 0.2) is 45.3 Å². The van der Waals surface area contributed by atoms with Crippen molar-refractivity contribution in [3.63, 3.8) is 0 Å². The molecule has 0 unspecified atom stereocenters. The summed E-state index contributed by atoms with van der Waals surface area (Å²) in [7, 11) is -3.46. The lowest BCUT2D eigenvalue weighted by Crippen LogP contribution is -2.35. The molecule has 1 aliphatic rings. The summed E-state index contributed by atoms with van der Waals surface area (Å²) in [5.41, 5.74) is 4.18. The first-order chi connectivity index (χ1) is 11.5. The predicted molar refractivity (Wildman–Crippen MR) is 97.9 cm³/mol. The van der Waals surface area contributed by atoms with Gasteiger partial charge < -0.3 is 0 Å². The number of aromatic nitrogens is 1. The minimum Gasteiger partial charge on any atom is -0.241 e. The molecule has 1 aromatic carbocycles. The highest BCUT2D eigenvalue weighted by molar-refractivity contribution is 7.91. The summed E-state index contributed by atoms with van der Waals surface area (Å²) in [6.07, 6.45) is 0.763. The number of sulfonamides is 1. The van der Waals surface area contributed by atoms with Crippen molar-refractivity contribution < 1.29 is 8.42 Å². The summed E-state index contributed by atoms with van der Waals surface area (Å²) in [4.78, 5) is 4.44. The van der Waals surface area contributed by atoms with E-state index in [1.807, 2.05) is 35.9 Å². The summed E-state index contributed by atoms with van der Waals surface area (Å²) >= 11 is 2.81. The summed E-state index contributed by atoms with van der Waals surface area (Å²) in [6, 6.07) is 9.80. The van der Waals surface area contributed by atoms with Crippen LogP contribution in [0.3, 0.4) is 0 Å². The first-order valence-corrected chi connectivity index (χ1v) is 10.8. The highest BCUT2D eigenvalue weighted by Crippen LogP contribution is 2.33. The van der Waals surface area contributed by atoms with E-state index >= 15 is 0 Å². The Hall–Kier alpha value is -1.54. The van der Waals surface area contributed by atoms with Crippen LogP contribution < -0.4 is 0 Å². The van der Waals surface area contributed by atoms with Gasteiger partial charge >= 0.3 is 0 Å². The Morgan fingerprint density at radius 1 is 1.12 bits per heavy atom. The number of hydrogen-bond donors (Lipinski definition) is 0. The highest BCUT2D eigenvalue weighted by Gasteiger charge is 2.29. The third-order valence-corrected chi connectivity index (χ3v) is 8.40. The van der Waals surface area contributed by atoms with Gasteiger partial charge in [-0.15, -0.1) is 22.7 Å². The van der Waals surface area contributed by atoms with Crippen LogP contribution in [-0.4, -0.2) is 24.3 Å². The van der Waals surface area contributed by atoms with Crippen LogP contribution in [0.2, 0.25) is 0 Å². The van der Waals surface area contributed by atoms with Gasteiger partial charge in [-0.3, -0.25) is 0 Å². The third kappa shape index (κ3) is 2.82. The molecule has 2 aromatic heterocycles. The van der Waals surface area contributed by atoms with E-state index < -0.39 is 10.0 Å². The molecule has 0 atom stereocenters. The Morgan fingerprint density at radius 2 is 1.92 bits per heavy atom. The van der Waals surface area contributed by atoms with Crippen molar-refractivity contribution in [3.05, 3.63) is 57.9 Å². The Bertz CT molecular complexity index is 989. The molecular weight excluding hydrogens is 360 g/mol. The molecule has 0 saturated carbocycles. The van der Waals surface area contributed by atoms with Crippen LogP contribution in [-0.2, 0) is 23.0 Å². The fourth-order valence-electron chi connectivity index (χ4n) is 2.85. The van der Waals surface area contributed by atoms with E-state index in [4.69, 9.17) is 0 Å². The lowest BCUT2D eigenvalue weighted by molar-refractivity contribution is 0.392. The van der Waals surface area contributed by atoms with Crippen molar-refractivity contribution in [1.29, 1.82) is 0 Å². The average Bonchev–Trinajstić information content (AvgIpc) is 3.23. The number of hydrogen-bond acceptors (Lipinski definition) is 5. The molecule has 0 saturated heterocycles. The second-order valence-electron chi connectivity index (χ2n) is 5.81. The van der Waals surface area contributed by atoms with Gasteiger partial charge in [0.05, 0.1) is 0 Å². The van der Waals surface area contributed by atoms with Crippen LogP contribution in [0.5, 0.6) is 0 Å². The lowest BCUT2D eigenvalue weighted by Gasteiger charge is -2.27. The smallest absolute Gasteiger partial charge is 0.241 e. The summed E-state index contributed by atoms with van der Waals surface area (Å²) in [5.74, 6) is 0. The van der Waals surface area contributed by atoms with Crippen LogP contribution in [0.4, 0.5) is 0 Å². The van der Waals surface area contributed by atoms with E-state index in [1.54, 1.807) is 21.7 Å². The molecule has 124 valence electrons. The van der Waals surface area contributed by atoms with Gasteiger partial charge in [-0.2, -0.15) is 4.31 Å². The molecule has 7 heteroatoms. The molecule has 0 N–H and O–H groups in total. The first-order valence-electron chi connectivity index (χ1n) is 7.62. The lowest BCUT2D eigenvalue weighted by atomic mass is 10.0. The van der Waals surface area contributed by atoms with Gasteiger partial charge in [0.2, 0.25) is 0 Å². The second kappa shape index (κ2) is 6.07. The number of rotatable bonds is 3. The zero-order chi connectivity index (χ0) is 16.7. The highest BCUT2D eigenvalue weighted by atomic mass is 32.2. The maximum absolute atomic E-state index is 13.0. The van der Waals surface area contributed by atoms with E-state index in [1.165, 1.54) is 16.9 Å². The van der Waals surface area contributed by atoms with Crippen LogP contribution in [0.1, 0.15) is 16.8 Å². The standard InChI is InChI=1S/C17H16N2O2S3/c1-12-10-23-17(18-12)15-8-16(22-11-15)24(20,21)19-7-6-13-4-2-3-5-14(13)9-19/h2-5,8,10-11H,6-7,9H2,1H3. The maximum Gasteiger partial charge on any atom is 0.252 e. The molecule has 3 aromatic rings. The van der Waals surface area contributed by atoms with Crippen molar-refractivity contribution in [2.45, 2.75) is 24.1 Å². The molecule has 0 aliphatic carbocycles. The van der Waals surface area contributed by atoms with Gasteiger partial charge in [0, 0.05) is 35.1 Å². The molecule has 24 heavy (non-hydrogen) atoms. The fourth-order valence-corrected chi connectivity index (χ4v) is 6.45. The zero-order valence-electron chi connectivity index (χ0n) is 13.1. The Kier molecular flexibility index (Phi) is 4.04. The number of thiazole rings is 1. The molecule has 4 rings (SSSR count). The number of nitrogens with zero attached hydrogens (tertiary/aromatic N) is 2. The van der Waals surface area contributed by atoms with E-state index in [-0.39, 0.29) is 0 Å². The van der Waals surface area contributed by atoms with Crippen molar-refractivity contribution >= 4 is 32.7 Å². The van der Waals surface area contributed by atoms with Crippen molar-refractivity contribution in [2.75, 3.05) is 6.54 Å². The minimum absolute atomic E-state index is 0.393. The normalized spacial score (nSPS) is 15.4. The molecule has 0 bridgehead atoms. The number of aryl methyl sites for hydroxylation is 1. The largest absolute Gasteiger partial charge is 0.252 e. The molecule has 4 nitrogen and oxygen atoms in total. The maximum atomic E-state index is 13.0. The molecule has 0 amide bonds. The van der Waals surface area contributed by atoms with Gasteiger partial charge in [0.1, 0.15) is 9.22 Å². The van der Waals surface area contributed by atoms with Gasteiger partial charge in [0.15, 0.2) is 0 Å². The SMILES string of the molecule is Cc1csc(-c2csc(S(=O)(=O)N3CCc4ccccc4C3)c2)n1. The molecule has 3 heterocycles. The third-order valence-electron chi connectivity index (χ3n) is 4.13. The van der Waals surface area contributed by atoms with Crippen molar-refractivity contribution in [2.24, 2.45) is 0 Å². The number of thiophene rings is 1.